The molecule has 16 heavy (non-hydrogen) atoms. The highest BCUT2D eigenvalue weighted by Crippen LogP contribution is 2.32. The van der Waals surface area contributed by atoms with Gasteiger partial charge >= 0.3 is 0 Å². The normalized spacial score (nSPS) is 18.2. The summed E-state index contributed by atoms with van der Waals surface area (Å²) < 4.78 is 19.3. The van der Waals surface area contributed by atoms with Crippen molar-refractivity contribution >= 4 is 5.91 Å². The van der Waals surface area contributed by atoms with E-state index < -0.39 is 5.82 Å². The molecule has 0 unspecified atom stereocenters. The van der Waals surface area contributed by atoms with Gasteiger partial charge in [0.1, 0.15) is 0 Å². The Morgan fingerprint density at radius 1 is 1.44 bits per heavy atom. The number of nitrogens with one attached hydrogen (secondary N) is 1. The van der Waals surface area contributed by atoms with Crippen LogP contribution >= 0.6 is 0 Å². The quantitative estimate of drug-likeness (QED) is 0.846. The van der Waals surface area contributed by atoms with Gasteiger partial charge in [0.15, 0.2) is 11.6 Å². The van der Waals surface area contributed by atoms with Gasteiger partial charge in [-0.1, -0.05) is 6.07 Å². The van der Waals surface area contributed by atoms with Gasteiger partial charge in [0.2, 0.25) is 0 Å². The summed E-state index contributed by atoms with van der Waals surface area (Å²) in [7, 11) is 0. The van der Waals surface area contributed by atoms with E-state index in [4.69, 9.17) is 4.74 Å². The summed E-state index contributed by atoms with van der Waals surface area (Å²) in [6.07, 6.45) is 2.32. The van der Waals surface area contributed by atoms with E-state index in [-0.39, 0.29) is 17.2 Å². The summed E-state index contributed by atoms with van der Waals surface area (Å²) in [5.41, 5.74) is 0.856. The Morgan fingerprint density at radius 2 is 2.25 bits per heavy atom. The molecular weight excluding hydrogens is 209 g/mol. The summed E-state index contributed by atoms with van der Waals surface area (Å²) in [5.74, 6) is -0.0956. The second kappa shape index (κ2) is 3.47. The molecule has 0 bridgehead atoms. The maximum Gasteiger partial charge on any atom is 0.255 e. The Balaban J connectivity index is 1.88. The molecule has 84 valence electrons. The van der Waals surface area contributed by atoms with Crippen LogP contribution in [-0.2, 0) is 6.54 Å². The maximum atomic E-state index is 13.9. The lowest BCUT2D eigenvalue weighted by molar-refractivity contribution is 0.0961. The number of carbonyl (C=O) groups excluding carboxylic acids is 1. The Labute approximate surface area is 92.6 Å². The highest BCUT2D eigenvalue weighted by Gasteiger charge is 2.27. The second-order valence-electron chi connectivity index (χ2n) is 4.35. The molecule has 0 saturated heterocycles. The van der Waals surface area contributed by atoms with E-state index in [1.807, 2.05) is 0 Å². The fraction of sp³-hybridized carbons (Fsp3) is 0.417. The number of fused-ring (bicyclic) bond motifs is 1. The molecular formula is C12H12FNO2. The van der Waals surface area contributed by atoms with Crippen molar-refractivity contribution in [2.24, 2.45) is 5.92 Å². The lowest BCUT2D eigenvalue weighted by Crippen LogP contribution is -2.14. The number of halogens is 1. The summed E-state index contributed by atoms with van der Waals surface area (Å²) >= 11 is 0. The van der Waals surface area contributed by atoms with Crippen LogP contribution in [0.3, 0.4) is 0 Å². The van der Waals surface area contributed by atoms with Crippen molar-refractivity contribution in [3.05, 3.63) is 29.1 Å². The van der Waals surface area contributed by atoms with E-state index in [2.05, 4.69) is 5.32 Å². The molecule has 3 rings (SSSR count). The number of ether oxygens (including phenoxy) is 1. The number of hydrogen-bond acceptors (Lipinski definition) is 2. The van der Waals surface area contributed by atoms with Crippen LogP contribution in [0.25, 0.3) is 0 Å². The van der Waals surface area contributed by atoms with E-state index in [1.165, 1.54) is 0 Å². The molecule has 1 amide bonds. The van der Waals surface area contributed by atoms with Crippen molar-refractivity contribution in [1.29, 1.82) is 0 Å². The predicted molar refractivity (Wildman–Crippen MR) is 55.8 cm³/mol. The zero-order chi connectivity index (χ0) is 11.1. The van der Waals surface area contributed by atoms with E-state index in [0.717, 1.165) is 12.8 Å². The van der Waals surface area contributed by atoms with Crippen molar-refractivity contribution < 1.29 is 13.9 Å². The standard InChI is InChI=1S/C12H12FNO2/c13-11-9(16-6-7-1-2-7)4-3-8-5-14-12(15)10(8)11/h3-4,7H,1-2,5-6H2,(H,14,15). The molecule has 1 aromatic carbocycles. The largest absolute Gasteiger partial charge is 0.490 e. The van der Waals surface area contributed by atoms with Gasteiger partial charge in [0.05, 0.1) is 12.2 Å². The minimum atomic E-state index is -0.520. The minimum Gasteiger partial charge on any atom is -0.490 e. The van der Waals surface area contributed by atoms with Crippen LogP contribution in [-0.4, -0.2) is 12.5 Å². The predicted octanol–water partition coefficient (Wildman–Crippen LogP) is 1.86. The summed E-state index contributed by atoms with van der Waals surface area (Å²) in [6.45, 7) is 0.964. The molecule has 1 fully saturated rings. The molecule has 1 aliphatic carbocycles. The van der Waals surface area contributed by atoms with Crippen LogP contribution in [0.5, 0.6) is 5.75 Å². The molecule has 0 radical (unpaired) electrons. The van der Waals surface area contributed by atoms with Gasteiger partial charge in [-0.3, -0.25) is 4.79 Å². The summed E-state index contributed by atoms with van der Waals surface area (Å²) in [6, 6.07) is 3.36. The van der Waals surface area contributed by atoms with Gasteiger partial charge in [-0.05, 0) is 30.4 Å². The molecule has 1 aromatic rings. The number of rotatable bonds is 3. The van der Waals surface area contributed by atoms with Crippen LogP contribution in [0, 0.1) is 11.7 Å². The summed E-state index contributed by atoms with van der Waals surface area (Å²) in [4.78, 5) is 11.4. The average molecular weight is 221 g/mol. The molecule has 1 saturated carbocycles. The lowest BCUT2D eigenvalue weighted by atomic mass is 10.1. The van der Waals surface area contributed by atoms with Crippen molar-refractivity contribution in [2.45, 2.75) is 19.4 Å². The van der Waals surface area contributed by atoms with Crippen molar-refractivity contribution in [2.75, 3.05) is 6.61 Å². The van der Waals surface area contributed by atoms with Gasteiger partial charge in [-0.25, -0.2) is 4.39 Å². The Kier molecular flexibility index (Phi) is 2.09. The fourth-order valence-electron chi connectivity index (χ4n) is 1.86. The van der Waals surface area contributed by atoms with E-state index in [0.29, 0.717) is 24.6 Å². The summed E-state index contributed by atoms with van der Waals surface area (Å²) in [5, 5.41) is 2.60. The van der Waals surface area contributed by atoms with Gasteiger partial charge in [0, 0.05) is 6.54 Å². The SMILES string of the molecule is O=C1NCc2ccc(OCC3CC3)c(F)c21. The molecule has 4 heteroatoms. The van der Waals surface area contributed by atoms with Gasteiger partial charge in [-0.2, -0.15) is 0 Å². The van der Waals surface area contributed by atoms with Gasteiger partial charge in [0.25, 0.3) is 5.91 Å². The third-order valence-electron chi connectivity index (χ3n) is 3.03. The molecule has 0 spiro atoms. The molecule has 0 atom stereocenters. The average Bonchev–Trinajstić information content (AvgIpc) is 3.02. The molecule has 1 N–H and O–H groups in total. The van der Waals surface area contributed by atoms with E-state index in [9.17, 15) is 9.18 Å². The zero-order valence-corrected chi connectivity index (χ0v) is 8.75. The van der Waals surface area contributed by atoms with E-state index in [1.54, 1.807) is 12.1 Å². The molecule has 2 aliphatic rings. The lowest BCUT2D eigenvalue weighted by Gasteiger charge is -2.08. The van der Waals surface area contributed by atoms with Crippen LogP contribution in [0.2, 0.25) is 0 Å². The first-order valence-electron chi connectivity index (χ1n) is 5.48. The van der Waals surface area contributed by atoms with Crippen molar-refractivity contribution in [3.63, 3.8) is 0 Å². The monoisotopic (exact) mass is 221 g/mol. The molecule has 1 heterocycles. The highest BCUT2D eigenvalue weighted by molar-refractivity contribution is 5.99. The Hall–Kier alpha value is -1.58. The molecule has 3 nitrogen and oxygen atoms in total. The maximum absolute atomic E-state index is 13.9. The number of benzene rings is 1. The van der Waals surface area contributed by atoms with Crippen LogP contribution < -0.4 is 10.1 Å². The Morgan fingerprint density at radius 3 is 3.00 bits per heavy atom. The molecule has 0 aromatic heterocycles. The number of hydrogen-bond donors (Lipinski definition) is 1. The third-order valence-corrected chi connectivity index (χ3v) is 3.03. The smallest absolute Gasteiger partial charge is 0.255 e. The first kappa shape index (κ1) is 9.63. The topological polar surface area (TPSA) is 38.3 Å². The first-order valence-corrected chi connectivity index (χ1v) is 5.48. The molecule has 1 aliphatic heterocycles. The van der Waals surface area contributed by atoms with E-state index >= 15 is 0 Å². The number of amides is 1. The van der Waals surface area contributed by atoms with Crippen molar-refractivity contribution in [3.8, 4) is 5.75 Å². The number of carbonyl (C=O) groups is 1. The van der Waals surface area contributed by atoms with Crippen molar-refractivity contribution in [1.82, 2.24) is 5.32 Å². The fourth-order valence-corrected chi connectivity index (χ4v) is 1.86. The highest BCUT2D eigenvalue weighted by atomic mass is 19.1. The minimum absolute atomic E-state index is 0.147. The van der Waals surface area contributed by atoms with Crippen LogP contribution in [0.1, 0.15) is 28.8 Å². The Bertz CT molecular complexity index is 455. The first-order chi connectivity index (χ1) is 7.75. The van der Waals surface area contributed by atoms with Crippen LogP contribution in [0.15, 0.2) is 12.1 Å². The van der Waals surface area contributed by atoms with Crippen LogP contribution in [0.4, 0.5) is 4.39 Å². The zero-order valence-electron chi connectivity index (χ0n) is 8.75. The second-order valence-corrected chi connectivity index (χ2v) is 4.35. The van der Waals surface area contributed by atoms with Gasteiger partial charge < -0.3 is 10.1 Å². The third kappa shape index (κ3) is 1.54. The van der Waals surface area contributed by atoms with Gasteiger partial charge in [-0.15, -0.1) is 0 Å².